The Labute approximate surface area is 494 Å². The minimum absolute atomic E-state index is 0.0111. The summed E-state index contributed by atoms with van der Waals surface area (Å²) in [5.74, 6) is -0.0220. The fourth-order valence-electron chi connectivity index (χ4n) is 11.5. The summed E-state index contributed by atoms with van der Waals surface area (Å²) in [6.07, 6.45) is 86.6. The van der Waals surface area contributed by atoms with E-state index in [2.05, 4.69) is 43.5 Å². The van der Waals surface area contributed by atoms with Crippen LogP contribution in [-0.2, 0) is 14.3 Å². The molecule has 0 saturated heterocycles. The van der Waals surface area contributed by atoms with Crippen molar-refractivity contribution >= 4 is 11.9 Å². The van der Waals surface area contributed by atoms with Crippen LogP contribution in [0.3, 0.4) is 0 Å². The molecule has 0 rings (SSSR count). The molecule has 0 aliphatic heterocycles. The number of rotatable bonds is 68. The molecule has 468 valence electrons. The van der Waals surface area contributed by atoms with Gasteiger partial charge >= 0.3 is 5.97 Å². The number of carbonyl (C=O) groups excluding carboxylic acids is 2. The molecule has 6 nitrogen and oxygen atoms in total. The first-order valence-corrected chi connectivity index (χ1v) is 36.1. The molecule has 79 heavy (non-hydrogen) atoms. The lowest BCUT2D eigenvalue weighted by molar-refractivity contribution is -0.143. The lowest BCUT2D eigenvalue weighted by Crippen LogP contribution is -2.45. The highest BCUT2D eigenvalue weighted by molar-refractivity contribution is 5.76. The number of unbranched alkanes of at least 4 members (excludes halogenated alkanes) is 53. The second kappa shape index (κ2) is 68.8. The number of ether oxygens (including phenoxy) is 1. The van der Waals surface area contributed by atoms with Gasteiger partial charge in [-0.05, 0) is 57.8 Å². The first-order valence-electron chi connectivity index (χ1n) is 36.1. The van der Waals surface area contributed by atoms with Crippen LogP contribution in [0.2, 0.25) is 0 Å². The zero-order valence-corrected chi connectivity index (χ0v) is 53.6. The molecule has 0 heterocycles. The van der Waals surface area contributed by atoms with E-state index in [4.69, 9.17) is 4.74 Å². The molecule has 0 aromatic carbocycles. The average Bonchev–Trinajstić information content (AvgIpc) is 3.45. The van der Waals surface area contributed by atoms with Crippen molar-refractivity contribution in [1.82, 2.24) is 5.32 Å². The standard InChI is InChI=1S/C73H141NO5/c1-3-5-7-9-11-13-15-16-17-18-19-20-21-27-30-33-36-39-42-46-49-53-57-61-65-71(76)70(69-75)74-72(77)66-62-58-54-50-47-43-40-37-34-31-28-25-23-22-24-26-29-32-35-38-41-44-48-52-56-60-64-68-79-73(78)67-63-59-55-51-45-14-12-10-8-6-4-2/h22-23,26,29,70-71,75-76H,3-21,24-25,27-28,30-69H2,1-2H3,(H,74,77)/b23-22-,29-26-. The highest BCUT2D eigenvalue weighted by Crippen LogP contribution is 2.19. The first kappa shape index (κ1) is 77.3. The molecule has 2 atom stereocenters. The summed E-state index contributed by atoms with van der Waals surface area (Å²) in [5, 5.41) is 23.4. The molecule has 0 aromatic rings. The van der Waals surface area contributed by atoms with E-state index >= 15 is 0 Å². The highest BCUT2D eigenvalue weighted by atomic mass is 16.5. The Hall–Kier alpha value is -1.66. The number of aliphatic hydroxyl groups excluding tert-OH is 2. The van der Waals surface area contributed by atoms with Crippen molar-refractivity contribution in [3.63, 3.8) is 0 Å². The maximum atomic E-state index is 12.6. The first-order chi connectivity index (χ1) is 39.0. The number of carbonyl (C=O) groups is 2. The van der Waals surface area contributed by atoms with Crippen molar-refractivity contribution in [1.29, 1.82) is 0 Å². The normalized spacial score (nSPS) is 12.6. The Kier molecular flexibility index (Phi) is 67.4. The summed E-state index contributed by atoms with van der Waals surface area (Å²) >= 11 is 0. The molecule has 1 amide bonds. The Bertz CT molecular complexity index is 1230. The Morgan fingerprint density at radius 2 is 0.633 bits per heavy atom. The average molecular weight is 1110 g/mol. The van der Waals surface area contributed by atoms with Gasteiger partial charge in [0, 0.05) is 12.8 Å². The molecule has 0 radical (unpaired) electrons. The van der Waals surface area contributed by atoms with Gasteiger partial charge in [-0.25, -0.2) is 0 Å². The van der Waals surface area contributed by atoms with E-state index in [1.807, 2.05) is 0 Å². The summed E-state index contributed by atoms with van der Waals surface area (Å²) in [6, 6.07) is -0.545. The topological polar surface area (TPSA) is 95.9 Å². The lowest BCUT2D eigenvalue weighted by atomic mass is 10.0. The van der Waals surface area contributed by atoms with Crippen molar-refractivity contribution < 1.29 is 24.5 Å². The molecule has 0 saturated carbocycles. The summed E-state index contributed by atoms with van der Waals surface area (Å²) in [5.41, 5.74) is 0. The minimum Gasteiger partial charge on any atom is -0.466 e. The largest absolute Gasteiger partial charge is 0.466 e. The van der Waals surface area contributed by atoms with Crippen molar-refractivity contribution in [2.75, 3.05) is 13.2 Å². The second-order valence-corrected chi connectivity index (χ2v) is 24.9. The molecule has 0 aliphatic carbocycles. The monoisotopic (exact) mass is 1110 g/mol. The van der Waals surface area contributed by atoms with Gasteiger partial charge in [0.2, 0.25) is 5.91 Å². The Balaban J connectivity index is 3.42. The Morgan fingerprint density at radius 1 is 0.354 bits per heavy atom. The van der Waals surface area contributed by atoms with Crippen LogP contribution in [0.4, 0.5) is 0 Å². The van der Waals surface area contributed by atoms with Crippen molar-refractivity contribution in [3.8, 4) is 0 Å². The SMILES string of the molecule is CCCCCCCCCCCCCCCCCCCCCCCCCCC(O)C(CO)NC(=O)CCCCCCCCCCCCC/C=C\C/C=C\CCCCCCCCCCCOC(=O)CCCCCCCCCCCCC. The Morgan fingerprint density at radius 3 is 0.962 bits per heavy atom. The summed E-state index contributed by atoms with van der Waals surface area (Å²) in [6.45, 7) is 4.98. The molecular formula is C73H141NO5. The third-order valence-corrected chi connectivity index (χ3v) is 17.0. The van der Waals surface area contributed by atoms with Gasteiger partial charge in [0.1, 0.15) is 0 Å². The predicted molar refractivity (Wildman–Crippen MR) is 347 cm³/mol. The van der Waals surface area contributed by atoms with Crippen LogP contribution in [-0.4, -0.2) is 47.4 Å². The fourth-order valence-corrected chi connectivity index (χ4v) is 11.5. The van der Waals surface area contributed by atoms with E-state index in [1.165, 1.54) is 327 Å². The fraction of sp³-hybridized carbons (Fsp3) is 0.918. The van der Waals surface area contributed by atoms with Crippen molar-refractivity contribution in [3.05, 3.63) is 24.3 Å². The number of aliphatic hydroxyl groups is 2. The predicted octanol–water partition coefficient (Wildman–Crippen LogP) is 23.3. The number of amides is 1. The third-order valence-electron chi connectivity index (χ3n) is 17.0. The maximum absolute atomic E-state index is 12.6. The molecule has 0 aromatic heterocycles. The second-order valence-electron chi connectivity index (χ2n) is 24.9. The number of nitrogens with one attached hydrogen (secondary N) is 1. The van der Waals surface area contributed by atoms with Crippen LogP contribution < -0.4 is 5.32 Å². The van der Waals surface area contributed by atoms with E-state index < -0.39 is 12.1 Å². The molecule has 3 N–H and O–H groups in total. The van der Waals surface area contributed by atoms with Gasteiger partial charge in [-0.1, -0.05) is 359 Å². The number of hydrogen-bond donors (Lipinski definition) is 3. The summed E-state index contributed by atoms with van der Waals surface area (Å²) < 4.78 is 5.47. The van der Waals surface area contributed by atoms with Crippen LogP contribution in [0.15, 0.2) is 24.3 Å². The van der Waals surface area contributed by atoms with E-state index in [9.17, 15) is 19.8 Å². The molecule has 2 unspecified atom stereocenters. The quantitative estimate of drug-likeness (QED) is 0.0320. The lowest BCUT2D eigenvalue weighted by Gasteiger charge is -2.22. The van der Waals surface area contributed by atoms with Crippen LogP contribution in [0.25, 0.3) is 0 Å². The van der Waals surface area contributed by atoms with Gasteiger partial charge in [-0.3, -0.25) is 9.59 Å². The van der Waals surface area contributed by atoms with E-state index in [0.29, 0.717) is 25.9 Å². The van der Waals surface area contributed by atoms with E-state index in [-0.39, 0.29) is 18.5 Å². The van der Waals surface area contributed by atoms with Gasteiger partial charge < -0.3 is 20.3 Å². The molecule has 0 spiro atoms. The zero-order chi connectivity index (χ0) is 57.1. The van der Waals surface area contributed by atoms with Crippen LogP contribution >= 0.6 is 0 Å². The molecular weight excluding hydrogens is 971 g/mol. The van der Waals surface area contributed by atoms with Gasteiger partial charge in [0.05, 0.1) is 25.4 Å². The van der Waals surface area contributed by atoms with Crippen LogP contribution in [0.1, 0.15) is 406 Å². The van der Waals surface area contributed by atoms with Crippen molar-refractivity contribution in [2.24, 2.45) is 0 Å². The zero-order valence-electron chi connectivity index (χ0n) is 53.6. The van der Waals surface area contributed by atoms with Crippen molar-refractivity contribution in [2.45, 2.75) is 418 Å². The highest BCUT2D eigenvalue weighted by Gasteiger charge is 2.20. The van der Waals surface area contributed by atoms with E-state index in [1.54, 1.807) is 0 Å². The number of allylic oxidation sites excluding steroid dienone is 4. The third kappa shape index (κ3) is 65.4. The minimum atomic E-state index is -0.668. The molecule has 6 heteroatoms. The van der Waals surface area contributed by atoms with Gasteiger partial charge in [0.25, 0.3) is 0 Å². The maximum Gasteiger partial charge on any atom is 0.305 e. The van der Waals surface area contributed by atoms with Gasteiger partial charge in [-0.15, -0.1) is 0 Å². The summed E-state index contributed by atoms with van der Waals surface area (Å²) in [4.78, 5) is 24.6. The van der Waals surface area contributed by atoms with Gasteiger partial charge in [-0.2, -0.15) is 0 Å². The molecule has 0 bridgehead atoms. The van der Waals surface area contributed by atoms with Gasteiger partial charge in [0.15, 0.2) is 0 Å². The number of esters is 1. The smallest absolute Gasteiger partial charge is 0.305 e. The summed E-state index contributed by atoms with van der Waals surface area (Å²) in [7, 11) is 0. The number of hydrogen-bond acceptors (Lipinski definition) is 5. The molecule has 0 aliphatic rings. The van der Waals surface area contributed by atoms with Crippen LogP contribution in [0.5, 0.6) is 0 Å². The molecule has 0 fully saturated rings. The van der Waals surface area contributed by atoms with Crippen LogP contribution in [0, 0.1) is 0 Å². The van der Waals surface area contributed by atoms with E-state index in [0.717, 1.165) is 44.9 Å².